The first kappa shape index (κ1) is 33.8. The molecule has 1 aromatic carbocycles. The number of aliphatic hydroxyl groups excluding tert-OH is 1. The molecule has 0 atom stereocenters. The Morgan fingerprint density at radius 2 is 1.60 bits per heavy atom. The number of aliphatic hydroxyl groups is 1. The molecule has 0 bridgehead atoms. The SMILES string of the molecule is C[Si](C)(C)CCOCn1nc(CO)c2c(c(C3CC3)c(-c3ccc(OC(F)F)c(OC4CC4)c3)n2COCC[Si](C)(C)C)c1=O. The third kappa shape index (κ3) is 8.62. The van der Waals surface area contributed by atoms with Crippen LogP contribution in [0.2, 0.25) is 51.4 Å². The topological polar surface area (TPSA) is 97.0 Å². The number of hydrogen-bond donors (Lipinski definition) is 1. The second-order valence-electron chi connectivity index (χ2n) is 14.7. The largest absolute Gasteiger partial charge is 0.487 e. The fourth-order valence-electron chi connectivity index (χ4n) is 5.30. The molecule has 13 heteroatoms. The second-order valence-corrected chi connectivity index (χ2v) is 25.9. The Balaban J connectivity index is 1.65. The van der Waals surface area contributed by atoms with Crippen molar-refractivity contribution in [1.29, 1.82) is 0 Å². The van der Waals surface area contributed by atoms with Crippen molar-refractivity contribution < 1.29 is 32.8 Å². The normalized spacial score (nSPS) is 15.8. The van der Waals surface area contributed by atoms with Gasteiger partial charge >= 0.3 is 6.61 Å². The quantitative estimate of drug-likeness (QED) is 0.123. The van der Waals surface area contributed by atoms with Gasteiger partial charge in [-0.05, 0) is 67.5 Å². The third-order valence-corrected chi connectivity index (χ3v) is 11.5. The fraction of sp³-hybridized carbons (Fsp3) is 0.625. The minimum Gasteiger partial charge on any atom is -0.487 e. The van der Waals surface area contributed by atoms with E-state index in [0.29, 0.717) is 35.4 Å². The zero-order valence-electron chi connectivity index (χ0n) is 27.3. The molecule has 0 spiro atoms. The lowest BCUT2D eigenvalue weighted by atomic mass is 10.0. The highest BCUT2D eigenvalue weighted by Gasteiger charge is 2.36. The van der Waals surface area contributed by atoms with Crippen LogP contribution in [0.5, 0.6) is 11.5 Å². The number of alkyl halides is 2. The van der Waals surface area contributed by atoms with Gasteiger partial charge in [-0.25, -0.2) is 4.68 Å². The second kappa shape index (κ2) is 13.6. The molecule has 45 heavy (non-hydrogen) atoms. The standard InChI is InChI=1S/C32H47F2N3O6Si2/c1-44(2,3)15-13-40-19-36-29(22-9-12-25(43-32(33)34)26(17-22)42-23-10-11-23)27(21-7-8-21)28-30(36)24(18-38)35-37(31(28)39)20-41-14-16-45(4,5)6/h9,12,17,21,23,32,38H,7-8,10-11,13-16,18-20H2,1-6H3. The summed E-state index contributed by atoms with van der Waals surface area (Å²) in [5.74, 6) is 0.332. The smallest absolute Gasteiger partial charge is 0.387 e. The van der Waals surface area contributed by atoms with Gasteiger partial charge in [-0.2, -0.15) is 13.9 Å². The zero-order valence-corrected chi connectivity index (χ0v) is 29.3. The molecular formula is C32H47F2N3O6Si2. The molecule has 2 aromatic heterocycles. The number of rotatable bonds is 17. The van der Waals surface area contributed by atoms with Crippen molar-refractivity contribution in [2.24, 2.45) is 0 Å². The van der Waals surface area contributed by atoms with E-state index in [9.17, 15) is 18.7 Å². The monoisotopic (exact) mass is 663 g/mol. The highest BCUT2D eigenvalue weighted by atomic mass is 28.3. The Labute approximate surface area is 265 Å². The summed E-state index contributed by atoms with van der Waals surface area (Å²) in [6.45, 7) is 11.5. The van der Waals surface area contributed by atoms with Crippen LogP contribution in [-0.4, -0.2) is 61.5 Å². The molecule has 0 saturated heterocycles. The summed E-state index contributed by atoms with van der Waals surface area (Å²) >= 11 is 0. The van der Waals surface area contributed by atoms with E-state index in [1.165, 1.54) is 10.7 Å². The number of halogens is 2. The van der Waals surface area contributed by atoms with Gasteiger partial charge in [0, 0.05) is 34.9 Å². The molecule has 0 unspecified atom stereocenters. The number of benzene rings is 1. The first-order chi connectivity index (χ1) is 21.3. The van der Waals surface area contributed by atoms with E-state index in [1.54, 1.807) is 12.1 Å². The van der Waals surface area contributed by atoms with Crippen molar-refractivity contribution in [2.75, 3.05) is 13.2 Å². The van der Waals surface area contributed by atoms with Gasteiger partial charge in [-0.15, -0.1) is 0 Å². The van der Waals surface area contributed by atoms with Crippen molar-refractivity contribution in [3.05, 3.63) is 39.8 Å². The van der Waals surface area contributed by atoms with Crippen LogP contribution < -0.4 is 15.0 Å². The molecule has 2 aliphatic rings. The van der Waals surface area contributed by atoms with Gasteiger partial charge in [0.15, 0.2) is 11.5 Å². The Hall–Kier alpha value is -2.59. The van der Waals surface area contributed by atoms with E-state index in [1.807, 2.05) is 4.57 Å². The average molecular weight is 664 g/mol. The van der Waals surface area contributed by atoms with Gasteiger partial charge in [0.25, 0.3) is 5.56 Å². The third-order valence-electron chi connectivity index (χ3n) is 8.08. The maximum absolute atomic E-state index is 14.2. The van der Waals surface area contributed by atoms with E-state index in [2.05, 4.69) is 44.4 Å². The summed E-state index contributed by atoms with van der Waals surface area (Å²) < 4.78 is 52.8. The van der Waals surface area contributed by atoms with E-state index in [-0.39, 0.29) is 49.1 Å². The maximum atomic E-state index is 14.2. The van der Waals surface area contributed by atoms with Gasteiger partial charge in [-0.1, -0.05) is 39.3 Å². The highest BCUT2D eigenvalue weighted by molar-refractivity contribution is 6.76. The number of fused-ring (bicyclic) bond motifs is 1. The summed E-state index contributed by atoms with van der Waals surface area (Å²) in [6, 6.07) is 6.86. The molecule has 2 fully saturated rings. The van der Waals surface area contributed by atoms with Crippen molar-refractivity contribution in [3.8, 4) is 22.8 Å². The Kier molecular flexibility index (Phi) is 10.2. The average Bonchev–Trinajstić information content (AvgIpc) is 3.89. The minimum absolute atomic E-state index is 0.0113. The number of hydrogen-bond acceptors (Lipinski definition) is 7. The van der Waals surface area contributed by atoms with Crippen molar-refractivity contribution >= 4 is 27.1 Å². The van der Waals surface area contributed by atoms with Crippen LogP contribution in [0.25, 0.3) is 22.2 Å². The van der Waals surface area contributed by atoms with Gasteiger partial charge in [0.1, 0.15) is 19.2 Å². The molecule has 248 valence electrons. The van der Waals surface area contributed by atoms with Gasteiger partial charge in [0.2, 0.25) is 0 Å². The molecule has 2 aliphatic carbocycles. The number of ether oxygens (including phenoxy) is 4. The van der Waals surface area contributed by atoms with Crippen LogP contribution in [0.1, 0.15) is 42.9 Å². The molecule has 9 nitrogen and oxygen atoms in total. The van der Waals surface area contributed by atoms with Gasteiger partial charge in [-0.3, -0.25) is 4.79 Å². The van der Waals surface area contributed by atoms with Crippen LogP contribution in [0.4, 0.5) is 8.78 Å². The molecule has 0 amide bonds. The van der Waals surface area contributed by atoms with Gasteiger partial charge in [0.05, 0.1) is 29.3 Å². The summed E-state index contributed by atoms with van der Waals surface area (Å²) in [5.41, 5.74) is 2.90. The zero-order chi connectivity index (χ0) is 32.5. The lowest BCUT2D eigenvalue weighted by Gasteiger charge is -2.19. The van der Waals surface area contributed by atoms with Gasteiger partial charge < -0.3 is 28.6 Å². The van der Waals surface area contributed by atoms with E-state index in [0.717, 1.165) is 49.0 Å². The summed E-state index contributed by atoms with van der Waals surface area (Å²) in [7, 11) is -2.70. The Morgan fingerprint density at radius 3 is 2.16 bits per heavy atom. The first-order valence-corrected chi connectivity index (χ1v) is 23.4. The molecule has 0 radical (unpaired) electrons. The fourth-order valence-corrected chi connectivity index (χ4v) is 6.81. The van der Waals surface area contributed by atoms with Crippen LogP contribution >= 0.6 is 0 Å². The van der Waals surface area contributed by atoms with E-state index in [4.69, 9.17) is 18.9 Å². The molecule has 0 aliphatic heterocycles. The summed E-state index contributed by atoms with van der Waals surface area (Å²) in [5, 5.41) is 15.6. The van der Waals surface area contributed by atoms with Crippen molar-refractivity contribution in [1.82, 2.24) is 14.3 Å². The lowest BCUT2D eigenvalue weighted by Crippen LogP contribution is -2.28. The summed E-state index contributed by atoms with van der Waals surface area (Å²) in [4.78, 5) is 14.2. The maximum Gasteiger partial charge on any atom is 0.387 e. The van der Waals surface area contributed by atoms with E-state index >= 15 is 0 Å². The van der Waals surface area contributed by atoms with Crippen molar-refractivity contribution in [3.63, 3.8) is 0 Å². The molecule has 5 rings (SSSR count). The molecular weight excluding hydrogens is 617 g/mol. The lowest BCUT2D eigenvalue weighted by molar-refractivity contribution is -0.0516. The first-order valence-electron chi connectivity index (χ1n) is 15.9. The molecule has 2 heterocycles. The predicted molar refractivity (Wildman–Crippen MR) is 176 cm³/mol. The highest BCUT2D eigenvalue weighted by Crippen LogP contribution is 2.50. The minimum atomic E-state index is -2.99. The Bertz CT molecular complexity index is 1560. The molecule has 3 aromatic rings. The van der Waals surface area contributed by atoms with Crippen molar-refractivity contribution in [2.45, 2.75) is 116 Å². The van der Waals surface area contributed by atoms with E-state index < -0.39 is 22.8 Å². The van der Waals surface area contributed by atoms with Crippen LogP contribution in [0.3, 0.4) is 0 Å². The van der Waals surface area contributed by atoms with Crippen LogP contribution in [-0.2, 0) is 29.5 Å². The Morgan fingerprint density at radius 1 is 0.956 bits per heavy atom. The number of nitrogens with zero attached hydrogens (tertiary/aromatic N) is 3. The van der Waals surface area contributed by atoms with Crippen LogP contribution in [0.15, 0.2) is 23.0 Å². The summed E-state index contributed by atoms with van der Waals surface area (Å²) in [6.07, 6.45) is 3.47. The van der Waals surface area contributed by atoms with Crippen LogP contribution in [0, 0.1) is 0 Å². The molecule has 1 N–H and O–H groups in total. The predicted octanol–water partition coefficient (Wildman–Crippen LogP) is 7.00. The number of aromatic nitrogens is 3. The molecule has 2 saturated carbocycles.